The Kier molecular flexibility index (Phi) is 14.6. The monoisotopic (exact) mass is 635 g/mol. The Balaban J connectivity index is 0.00000323. The van der Waals surface area contributed by atoms with E-state index in [9.17, 15) is 4.79 Å². The van der Waals surface area contributed by atoms with Gasteiger partial charge in [-0.25, -0.2) is 4.79 Å². The Morgan fingerprint density at radius 2 is 1.67 bits per heavy atom. The molecule has 2 amide bonds. The number of ether oxygens (including phenoxy) is 3. The fourth-order valence-corrected chi connectivity index (χ4v) is 4.64. The largest absolute Gasteiger partial charge is 0.493 e. The van der Waals surface area contributed by atoms with Crippen molar-refractivity contribution in [1.82, 2.24) is 20.1 Å². The predicted octanol–water partition coefficient (Wildman–Crippen LogP) is 6.84. The number of rotatable bonds is 12. The molecule has 9 nitrogen and oxygen atoms in total. The maximum absolute atomic E-state index is 12.2. The fraction of sp³-hybridized carbons (Fsp3) is 0.500. The molecule has 0 saturated carbocycles. The molecule has 4 rings (SSSR count). The Morgan fingerprint density at radius 3 is 2.35 bits per heavy atom. The van der Waals surface area contributed by atoms with Crippen LogP contribution in [0, 0.1) is 5.41 Å². The number of hydrogen-bond donors (Lipinski definition) is 2. The van der Waals surface area contributed by atoms with Crippen LogP contribution in [0.5, 0.6) is 23.0 Å². The molecule has 43 heavy (non-hydrogen) atoms. The van der Waals surface area contributed by atoms with E-state index in [1.54, 1.807) is 13.3 Å². The van der Waals surface area contributed by atoms with Crippen LogP contribution in [-0.4, -0.2) is 80.8 Å². The SMILES string of the molecule is COc1cc2c(Oc3ccc(NC(=O)NCCC(C)(C)C)cc3)ccnc2cc1OCCCCN1CCN(C)CC1.Cl.Cl. The number of halogens is 2. The smallest absolute Gasteiger partial charge is 0.319 e. The standard InChI is InChI=1S/C32H45N5O4.2ClH/c1-32(2,3)13-15-34-31(38)35-24-8-10-25(11-9-24)41-28-12-14-33-27-23-30(29(39-5)22-26(27)28)40-21-7-6-16-37-19-17-36(4)18-20-37;;/h8-12,14,22-23H,6-7,13,15-21H2,1-5H3,(H2,34,35,38);2*1H. The average molecular weight is 637 g/mol. The molecule has 1 fully saturated rings. The summed E-state index contributed by atoms with van der Waals surface area (Å²) in [5, 5.41) is 6.59. The highest BCUT2D eigenvalue weighted by Crippen LogP contribution is 2.37. The molecular formula is C32H47Cl2N5O4. The molecule has 0 spiro atoms. The lowest BCUT2D eigenvalue weighted by Crippen LogP contribution is -2.44. The van der Waals surface area contributed by atoms with E-state index in [2.05, 4.69) is 53.2 Å². The summed E-state index contributed by atoms with van der Waals surface area (Å²) in [5.41, 5.74) is 1.63. The van der Waals surface area contributed by atoms with Gasteiger partial charge in [0, 0.05) is 56.1 Å². The van der Waals surface area contributed by atoms with Gasteiger partial charge in [-0.2, -0.15) is 0 Å². The zero-order valence-electron chi connectivity index (χ0n) is 26.0. The molecule has 0 bridgehead atoms. The zero-order valence-corrected chi connectivity index (χ0v) is 27.6. The Labute approximate surface area is 268 Å². The third kappa shape index (κ3) is 11.6. The third-order valence-electron chi connectivity index (χ3n) is 7.21. The highest BCUT2D eigenvalue weighted by Gasteiger charge is 2.15. The lowest BCUT2D eigenvalue weighted by Gasteiger charge is -2.32. The van der Waals surface area contributed by atoms with Crippen LogP contribution in [0.1, 0.15) is 40.0 Å². The molecule has 2 aromatic carbocycles. The number of likely N-dealkylation sites (N-methyl/N-ethyl adjacent to an activating group) is 1. The number of anilines is 1. The van der Waals surface area contributed by atoms with Crippen molar-refractivity contribution in [2.45, 2.75) is 40.0 Å². The van der Waals surface area contributed by atoms with Crippen LogP contribution in [0.4, 0.5) is 10.5 Å². The van der Waals surface area contributed by atoms with E-state index in [0.29, 0.717) is 41.8 Å². The van der Waals surface area contributed by atoms with Crippen LogP contribution < -0.4 is 24.8 Å². The van der Waals surface area contributed by atoms with Gasteiger partial charge in [0.05, 0.1) is 19.2 Å². The molecule has 2 heterocycles. The molecule has 1 aliphatic rings. The Hall–Kier alpha value is -2.98. The number of fused-ring (bicyclic) bond motifs is 1. The van der Waals surface area contributed by atoms with Crippen molar-refractivity contribution in [3.63, 3.8) is 0 Å². The summed E-state index contributed by atoms with van der Waals surface area (Å²) >= 11 is 0. The van der Waals surface area contributed by atoms with Crippen molar-refractivity contribution >= 4 is 47.4 Å². The lowest BCUT2D eigenvalue weighted by molar-refractivity contribution is 0.149. The topological polar surface area (TPSA) is 88.2 Å². The molecule has 1 saturated heterocycles. The van der Waals surface area contributed by atoms with E-state index in [1.807, 2.05) is 42.5 Å². The first kappa shape index (κ1) is 36.2. The fourth-order valence-electron chi connectivity index (χ4n) is 4.64. The van der Waals surface area contributed by atoms with Crippen LogP contribution in [-0.2, 0) is 0 Å². The van der Waals surface area contributed by atoms with E-state index in [-0.39, 0.29) is 36.3 Å². The third-order valence-corrected chi connectivity index (χ3v) is 7.21. The van der Waals surface area contributed by atoms with Gasteiger partial charge < -0.3 is 34.6 Å². The summed E-state index contributed by atoms with van der Waals surface area (Å²) in [6.07, 6.45) is 4.71. The van der Waals surface area contributed by atoms with Crippen LogP contribution in [0.3, 0.4) is 0 Å². The van der Waals surface area contributed by atoms with Crippen LogP contribution >= 0.6 is 24.8 Å². The number of methoxy groups -OCH3 is 1. The number of nitrogens with zero attached hydrogens (tertiary/aromatic N) is 3. The Bertz CT molecular complexity index is 1280. The molecule has 1 aliphatic heterocycles. The normalized spacial score (nSPS) is 13.9. The summed E-state index contributed by atoms with van der Waals surface area (Å²) in [6, 6.07) is 12.7. The van der Waals surface area contributed by atoms with Gasteiger partial charge in [-0.05, 0) is 74.7 Å². The molecule has 2 N–H and O–H groups in total. The van der Waals surface area contributed by atoms with Gasteiger partial charge in [-0.1, -0.05) is 20.8 Å². The quantitative estimate of drug-likeness (QED) is 0.211. The van der Waals surface area contributed by atoms with Gasteiger partial charge in [-0.15, -0.1) is 24.8 Å². The molecule has 3 aromatic rings. The number of aromatic nitrogens is 1. The summed E-state index contributed by atoms with van der Waals surface area (Å²) in [7, 11) is 3.82. The van der Waals surface area contributed by atoms with Crippen molar-refractivity contribution in [1.29, 1.82) is 0 Å². The van der Waals surface area contributed by atoms with Gasteiger partial charge >= 0.3 is 6.03 Å². The second-order valence-corrected chi connectivity index (χ2v) is 11.8. The number of carbonyl (C=O) groups excluding carboxylic acids is 1. The average Bonchev–Trinajstić information content (AvgIpc) is 2.94. The van der Waals surface area contributed by atoms with E-state index >= 15 is 0 Å². The summed E-state index contributed by atoms with van der Waals surface area (Å²) in [4.78, 5) is 21.6. The molecule has 238 valence electrons. The molecule has 0 aliphatic carbocycles. The van der Waals surface area contributed by atoms with E-state index < -0.39 is 0 Å². The second kappa shape index (κ2) is 17.3. The lowest BCUT2D eigenvalue weighted by atomic mass is 9.92. The first-order valence-electron chi connectivity index (χ1n) is 14.5. The van der Waals surface area contributed by atoms with Crippen LogP contribution in [0.15, 0.2) is 48.7 Å². The Morgan fingerprint density at radius 1 is 0.953 bits per heavy atom. The van der Waals surface area contributed by atoms with Crippen molar-refractivity contribution in [3.05, 3.63) is 48.7 Å². The van der Waals surface area contributed by atoms with Gasteiger partial charge in [-0.3, -0.25) is 4.98 Å². The van der Waals surface area contributed by atoms with Crippen molar-refractivity contribution in [2.75, 3.05) is 65.3 Å². The molecule has 1 aromatic heterocycles. The molecule has 0 unspecified atom stereocenters. The number of urea groups is 1. The van der Waals surface area contributed by atoms with Crippen LogP contribution in [0.2, 0.25) is 0 Å². The summed E-state index contributed by atoms with van der Waals surface area (Å²) < 4.78 is 18.0. The molecule has 0 atom stereocenters. The molecular weight excluding hydrogens is 589 g/mol. The van der Waals surface area contributed by atoms with E-state index in [1.165, 1.54) is 0 Å². The number of nitrogens with one attached hydrogen (secondary N) is 2. The number of piperazine rings is 1. The van der Waals surface area contributed by atoms with Crippen LogP contribution in [0.25, 0.3) is 10.9 Å². The first-order valence-corrected chi connectivity index (χ1v) is 14.5. The van der Waals surface area contributed by atoms with Crippen molar-refractivity contribution in [2.24, 2.45) is 5.41 Å². The maximum Gasteiger partial charge on any atom is 0.319 e. The number of pyridine rings is 1. The minimum absolute atomic E-state index is 0. The van der Waals surface area contributed by atoms with Gasteiger partial charge in [0.2, 0.25) is 0 Å². The summed E-state index contributed by atoms with van der Waals surface area (Å²) in [5.74, 6) is 2.63. The second-order valence-electron chi connectivity index (χ2n) is 11.8. The van der Waals surface area contributed by atoms with Crippen molar-refractivity contribution in [3.8, 4) is 23.0 Å². The van der Waals surface area contributed by atoms with E-state index in [4.69, 9.17) is 14.2 Å². The number of carbonyl (C=O) groups is 1. The maximum atomic E-state index is 12.2. The minimum atomic E-state index is -0.219. The number of unbranched alkanes of at least 4 members (excludes halogenated alkanes) is 1. The highest BCUT2D eigenvalue weighted by molar-refractivity contribution is 5.90. The van der Waals surface area contributed by atoms with Crippen molar-refractivity contribution < 1.29 is 19.0 Å². The highest BCUT2D eigenvalue weighted by atomic mass is 35.5. The van der Waals surface area contributed by atoms with E-state index in [0.717, 1.165) is 62.9 Å². The summed E-state index contributed by atoms with van der Waals surface area (Å²) in [6.45, 7) is 13.4. The number of benzene rings is 2. The number of hydrogen-bond acceptors (Lipinski definition) is 7. The number of amides is 2. The minimum Gasteiger partial charge on any atom is -0.493 e. The predicted molar refractivity (Wildman–Crippen MR) is 179 cm³/mol. The molecule has 0 radical (unpaired) electrons. The van der Waals surface area contributed by atoms with Gasteiger partial charge in [0.15, 0.2) is 11.5 Å². The molecule has 11 heteroatoms. The first-order chi connectivity index (χ1) is 19.7. The van der Waals surface area contributed by atoms with Gasteiger partial charge in [0.25, 0.3) is 0 Å². The zero-order chi connectivity index (χ0) is 29.2. The van der Waals surface area contributed by atoms with Gasteiger partial charge in [0.1, 0.15) is 11.5 Å².